The molecule has 2 N–H and O–H groups in total. The first-order valence-corrected chi connectivity index (χ1v) is 4.02. The number of carboxylic acid groups (broad SMARTS) is 1. The number of halogens is 1. The minimum absolute atomic E-state index is 0.321. The quantitative estimate of drug-likeness (QED) is 0.726. The Balaban J connectivity index is 2.77. The molecule has 0 aromatic heterocycles. The maximum absolute atomic E-state index is 13.0. The molecule has 74 valence electrons. The number of carbonyl (C=O) groups is 1. The molecule has 0 saturated carbocycles. The van der Waals surface area contributed by atoms with E-state index in [1.807, 2.05) is 0 Å². The van der Waals surface area contributed by atoms with Crippen LogP contribution in [-0.2, 0) is 4.79 Å². The normalized spacial score (nSPS) is 10.4. The van der Waals surface area contributed by atoms with E-state index in [2.05, 4.69) is 5.32 Å². The lowest BCUT2D eigenvalue weighted by Gasteiger charge is -2.04. The number of aliphatic carboxylic acids is 1. The van der Waals surface area contributed by atoms with E-state index in [1.165, 1.54) is 12.3 Å². The largest absolute Gasteiger partial charge is 0.478 e. The monoisotopic (exact) mass is 195 g/mol. The molecule has 0 bridgehead atoms. The summed E-state index contributed by atoms with van der Waals surface area (Å²) in [6, 6.07) is 4.57. The second-order valence-electron chi connectivity index (χ2n) is 2.73. The highest BCUT2D eigenvalue weighted by Gasteiger charge is 2.00. The van der Waals surface area contributed by atoms with Crippen LogP contribution in [0.2, 0.25) is 0 Å². The Kier molecular flexibility index (Phi) is 3.23. The van der Waals surface area contributed by atoms with Crippen molar-refractivity contribution < 1.29 is 14.3 Å². The second kappa shape index (κ2) is 4.41. The average molecular weight is 195 g/mol. The molecule has 0 aliphatic carbocycles. The van der Waals surface area contributed by atoms with Gasteiger partial charge in [-0.15, -0.1) is 0 Å². The second-order valence-corrected chi connectivity index (χ2v) is 2.73. The first-order chi connectivity index (χ1) is 6.61. The number of benzene rings is 1. The fourth-order valence-electron chi connectivity index (χ4n) is 0.967. The highest BCUT2D eigenvalue weighted by molar-refractivity contribution is 5.80. The zero-order valence-electron chi connectivity index (χ0n) is 7.62. The third kappa shape index (κ3) is 2.58. The molecule has 1 aromatic rings. The summed E-state index contributed by atoms with van der Waals surface area (Å²) in [7, 11) is 0. The summed E-state index contributed by atoms with van der Waals surface area (Å²) in [6.45, 7) is 1.62. The number of hydrogen-bond donors (Lipinski definition) is 2. The lowest BCUT2D eigenvalue weighted by Crippen LogP contribution is -1.95. The van der Waals surface area contributed by atoms with Gasteiger partial charge in [-0.2, -0.15) is 0 Å². The number of carboxylic acids is 1. The van der Waals surface area contributed by atoms with E-state index in [-0.39, 0.29) is 5.82 Å². The van der Waals surface area contributed by atoms with Crippen molar-refractivity contribution >= 4 is 11.7 Å². The first-order valence-electron chi connectivity index (χ1n) is 4.02. The van der Waals surface area contributed by atoms with E-state index in [9.17, 15) is 9.18 Å². The topological polar surface area (TPSA) is 49.3 Å². The van der Waals surface area contributed by atoms with E-state index >= 15 is 0 Å². The van der Waals surface area contributed by atoms with Gasteiger partial charge >= 0.3 is 5.97 Å². The maximum Gasteiger partial charge on any atom is 0.329 e. The Labute approximate surface area is 80.9 Å². The Morgan fingerprint density at radius 3 is 2.93 bits per heavy atom. The Bertz CT molecular complexity index is 374. The van der Waals surface area contributed by atoms with E-state index in [0.29, 0.717) is 11.3 Å². The van der Waals surface area contributed by atoms with Crippen LogP contribution in [-0.4, -0.2) is 11.1 Å². The molecule has 1 aromatic carbocycles. The van der Waals surface area contributed by atoms with Crippen LogP contribution in [0.4, 0.5) is 10.1 Å². The van der Waals surface area contributed by atoms with E-state index in [4.69, 9.17) is 5.11 Å². The van der Waals surface area contributed by atoms with Crippen molar-refractivity contribution in [1.82, 2.24) is 0 Å². The predicted octanol–water partition coefficient (Wildman–Crippen LogP) is 2.14. The van der Waals surface area contributed by atoms with Crippen LogP contribution < -0.4 is 5.32 Å². The standard InChI is InChI=1S/C10H10FNO2/c1-7-8(11)3-2-4-9(7)12-6-5-10(13)14/h2-6,12H,1H3,(H,13,14)/b6-5+. The summed E-state index contributed by atoms with van der Waals surface area (Å²) < 4.78 is 13.0. The molecule has 0 aliphatic heterocycles. The zero-order chi connectivity index (χ0) is 10.6. The maximum atomic E-state index is 13.0. The molecule has 0 spiro atoms. The van der Waals surface area contributed by atoms with E-state index in [0.717, 1.165) is 6.08 Å². The fourth-order valence-corrected chi connectivity index (χ4v) is 0.967. The summed E-state index contributed by atoms with van der Waals surface area (Å²) >= 11 is 0. The Morgan fingerprint density at radius 1 is 1.57 bits per heavy atom. The molecule has 0 radical (unpaired) electrons. The number of rotatable bonds is 3. The Hall–Kier alpha value is -1.84. The van der Waals surface area contributed by atoms with Crippen molar-refractivity contribution in [3.63, 3.8) is 0 Å². The third-order valence-electron chi connectivity index (χ3n) is 1.73. The third-order valence-corrected chi connectivity index (χ3v) is 1.73. The molecule has 0 heterocycles. The van der Waals surface area contributed by atoms with Gasteiger partial charge < -0.3 is 10.4 Å². The number of nitrogens with one attached hydrogen (secondary N) is 1. The van der Waals surface area contributed by atoms with Gasteiger partial charge in [0, 0.05) is 23.5 Å². The summed E-state index contributed by atoms with van der Waals surface area (Å²) in [4.78, 5) is 10.1. The molecule has 0 fully saturated rings. The van der Waals surface area contributed by atoms with Crippen LogP contribution in [0.1, 0.15) is 5.56 Å². The van der Waals surface area contributed by atoms with Gasteiger partial charge in [0.2, 0.25) is 0 Å². The molecule has 0 aliphatic rings. The zero-order valence-corrected chi connectivity index (χ0v) is 7.62. The van der Waals surface area contributed by atoms with Crippen molar-refractivity contribution in [3.05, 3.63) is 41.9 Å². The molecule has 14 heavy (non-hydrogen) atoms. The van der Waals surface area contributed by atoms with Gasteiger partial charge in [0.1, 0.15) is 5.82 Å². The van der Waals surface area contributed by atoms with Crippen molar-refractivity contribution in [2.75, 3.05) is 5.32 Å². The van der Waals surface area contributed by atoms with Crippen molar-refractivity contribution in [3.8, 4) is 0 Å². The lowest BCUT2D eigenvalue weighted by molar-refractivity contribution is -0.131. The fraction of sp³-hybridized carbons (Fsp3) is 0.100. The van der Waals surface area contributed by atoms with E-state index in [1.54, 1.807) is 19.1 Å². The summed E-state index contributed by atoms with van der Waals surface area (Å²) in [6.07, 6.45) is 2.20. The van der Waals surface area contributed by atoms with Gasteiger partial charge in [0.25, 0.3) is 0 Å². The molecular weight excluding hydrogens is 185 g/mol. The SMILES string of the molecule is Cc1c(F)cccc1N/C=C/C(=O)O. The van der Waals surface area contributed by atoms with Crippen LogP contribution in [0, 0.1) is 12.7 Å². The predicted molar refractivity (Wildman–Crippen MR) is 51.5 cm³/mol. The van der Waals surface area contributed by atoms with Gasteiger partial charge in [0.05, 0.1) is 0 Å². The molecular formula is C10H10FNO2. The average Bonchev–Trinajstić information content (AvgIpc) is 2.12. The molecule has 0 unspecified atom stereocenters. The Morgan fingerprint density at radius 2 is 2.29 bits per heavy atom. The minimum atomic E-state index is -1.05. The van der Waals surface area contributed by atoms with Crippen LogP contribution in [0.5, 0.6) is 0 Å². The summed E-state index contributed by atoms with van der Waals surface area (Å²) in [5.41, 5.74) is 1.02. The van der Waals surface area contributed by atoms with Crippen molar-refractivity contribution in [1.29, 1.82) is 0 Å². The summed E-state index contributed by atoms with van der Waals surface area (Å²) in [5.74, 6) is -1.37. The molecule has 1 rings (SSSR count). The highest BCUT2D eigenvalue weighted by Crippen LogP contribution is 2.16. The van der Waals surface area contributed by atoms with Crippen LogP contribution in [0.15, 0.2) is 30.5 Å². The van der Waals surface area contributed by atoms with Gasteiger partial charge in [-0.1, -0.05) is 6.07 Å². The van der Waals surface area contributed by atoms with Crippen LogP contribution >= 0.6 is 0 Å². The van der Waals surface area contributed by atoms with Crippen molar-refractivity contribution in [2.24, 2.45) is 0 Å². The molecule has 4 heteroatoms. The van der Waals surface area contributed by atoms with Crippen LogP contribution in [0.25, 0.3) is 0 Å². The lowest BCUT2D eigenvalue weighted by atomic mass is 10.2. The van der Waals surface area contributed by atoms with Gasteiger partial charge in [-0.25, -0.2) is 9.18 Å². The smallest absolute Gasteiger partial charge is 0.329 e. The van der Waals surface area contributed by atoms with Gasteiger partial charge in [-0.05, 0) is 19.1 Å². The van der Waals surface area contributed by atoms with E-state index < -0.39 is 5.97 Å². The molecule has 3 nitrogen and oxygen atoms in total. The van der Waals surface area contributed by atoms with Gasteiger partial charge in [0.15, 0.2) is 0 Å². The highest BCUT2D eigenvalue weighted by atomic mass is 19.1. The summed E-state index contributed by atoms with van der Waals surface area (Å²) in [5, 5.41) is 11.0. The number of anilines is 1. The molecule has 0 amide bonds. The molecule has 0 saturated heterocycles. The minimum Gasteiger partial charge on any atom is -0.478 e. The van der Waals surface area contributed by atoms with Crippen molar-refractivity contribution in [2.45, 2.75) is 6.92 Å². The molecule has 0 atom stereocenters. The van der Waals surface area contributed by atoms with Crippen LogP contribution in [0.3, 0.4) is 0 Å². The number of hydrogen-bond acceptors (Lipinski definition) is 2. The van der Waals surface area contributed by atoms with Gasteiger partial charge in [-0.3, -0.25) is 0 Å². The first kappa shape index (κ1) is 10.2.